The van der Waals surface area contributed by atoms with Crippen molar-refractivity contribution >= 4 is 27.5 Å². The van der Waals surface area contributed by atoms with E-state index in [0.29, 0.717) is 18.0 Å². The molecule has 0 saturated carbocycles. The second-order valence-corrected chi connectivity index (χ2v) is 13.9. The summed E-state index contributed by atoms with van der Waals surface area (Å²) in [5.41, 5.74) is 3.97. The second-order valence-electron chi connectivity index (χ2n) is 11.6. The Bertz CT molecular complexity index is 1400. The molecule has 3 aliphatic heterocycles. The number of piperazine rings is 2. The molecule has 1 amide bonds. The number of hydrogen-bond acceptors (Lipinski definition) is 8. The van der Waals surface area contributed by atoms with Gasteiger partial charge in [0, 0.05) is 50.8 Å². The third-order valence-electron chi connectivity index (χ3n) is 8.84. The molecule has 3 heterocycles. The molecule has 12 heteroatoms. The SMILES string of the molecule is CN1CCN(Cc2ccc3c(c2)CCC[C@H]3N2N=NCC2C[C@@H]2C(=O)NCCN2S(=O)(=O)c2ccc(Cl)cc2)CC1. The first kappa shape index (κ1) is 28.5. The first-order chi connectivity index (χ1) is 19.8. The Morgan fingerprint density at radius 1 is 1.05 bits per heavy atom. The second kappa shape index (κ2) is 12.0. The Hall–Kier alpha value is -2.57. The summed E-state index contributed by atoms with van der Waals surface area (Å²) in [5.74, 6) is -0.279. The van der Waals surface area contributed by atoms with Crippen molar-refractivity contribution in [3.63, 3.8) is 0 Å². The highest BCUT2D eigenvalue weighted by atomic mass is 35.5. The summed E-state index contributed by atoms with van der Waals surface area (Å²) in [5, 5.41) is 14.3. The van der Waals surface area contributed by atoms with E-state index in [2.05, 4.69) is 50.7 Å². The van der Waals surface area contributed by atoms with Crippen LogP contribution in [0.1, 0.15) is 42.0 Å². The average Bonchev–Trinajstić information content (AvgIpc) is 3.43. The van der Waals surface area contributed by atoms with Gasteiger partial charge >= 0.3 is 0 Å². The first-order valence-corrected chi connectivity index (χ1v) is 16.3. The maximum atomic E-state index is 13.6. The van der Waals surface area contributed by atoms with E-state index in [1.165, 1.54) is 33.1 Å². The summed E-state index contributed by atoms with van der Waals surface area (Å²) in [4.78, 5) is 18.1. The fraction of sp³-hybridized carbons (Fsp3) is 0.552. The van der Waals surface area contributed by atoms with Gasteiger partial charge in [0.2, 0.25) is 15.9 Å². The molecule has 2 aromatic carbocycles. The molecule has 2 aromatic rings. The molecule has 1 unspecified atom stereocenters. The summed E-state index contributed by atoms with van der Waals surface area (Å²) in [6.07, 6.45) is 3.36. The van der Waals surface area contributed by atoms with Crippen molar-refractivity contribution in [3.8, 4) is 0 Å². The Labute approximate surface area is 247 Å². The molecule has 0 aromatic heterocycles. The average molecular weight is 600 g/mol. The topological polar surface area (TPSA) is 101 Å². The van der Waals surface area contributed by atoms with Crippen LogP contribution < -0.4 is 5.32 Å². The number of amides is 1. The van der Waals surface area contributed by atoms with E-state index in [9.17, 15) is 13.2 Å². The Balaban J connectivity index is 1.19. The highest BCUT2D eigenvalue weighted by Crippen LogP contribution is 2.39. The van der Waals surface area contributed by atoms with Crippen molar-refractivity contribution in [2.24, 2.45) is 10.3 Å². The number of likely N-dealkylation sites (N-methyl/N-ethyl adjacent to an activating group) is 1. The fourth-order valence-electron chi connectivity index (χ4n) is 6.54. The Morgan fingerprint density at radius 2 is 1.83 bits per heavy atom. The highest BCUT2D eigenvalue weighted by molar-refractivity contribution is 7.89. The van der Waals surface area contributed by atoms with Crippen LogP contribution >= 0.6 is 11.6 Å². The quantitative estimate of drug-likeness (QED) is 0.525. The fourth-order valence-corrected chi connectivity index (χ4v) is 8.27. The number of carbonyl (C=O) groups is 1. The highest BCUT2D eigenvalue weighted by Gasteiger charge is 2.43. The number of sulfonamides is 1. The largest absolute Gasteiger partial charge is 0.353 e. The van der Waals surface area contributed by atoms with Crippen LogP contribution in [0.15, 0.2) is 57.7 Å². The summed E-state index contributed by atoms with van der Waals surface area (Å²) in [6, 6.07) is 12.0. The van der Waals surface area contributed by atoms with Crippen LogP contribution in [0.2, 0.25) is 5.02 Å². The van der Waals surface area contributed by atoms with Crippen LogP contribution in [0, 0.1) is 0 Å². The van der Waals surface area contributed by atoms with E-state index in [-0.39, 0.29) is 36.0 Å². The van der Waals surface area contributed by atoms with Gasteiger partial charge in [0.25, 0.3) is 0 Å². The number of fused-ring (bicyclic) bond motifs is 1. The molecule has 41 heavy (non-hydrogen) atoms. The normalized spacial score (nSPS) is 26.2. The van der Waals surface area contributed by atoms with Gasteiger partial charge in [-0.25, -0.2) is 8.42 Å². The number of carbonyl (C=O) groups excluding carboxylic acids is 1. The molecule has 4 aliphatic rings. The zero-order chi connectivity index (χ0) is 28.6. The molecule has 2 saturated heterocycles. The number of benzene rings is 2. The van der Waals surface area contributed by atoms with E-state index in [4.69, 9.17) is 11.6 Å². The smallest absolute Gasteiger partial charge is 0.243 e. The molecule has 0 bridgehead atoms. The number of nitrogens with one attached hydrogen (secondary N) is 1. The first-order valence-electron chi connectivity index (χ1n) is 14.5. The van der Waals surface area contributed by atoms with Crippen LogP contribution in [0.4, 0.5) is 0 Å². The van der Waals surface area contributed by atoms with Gasteiger partial charge in [0.15, 0.2) is 0 Å². The molecule has 6 rings (SSSR count). The number of halogens is 1. The monoisotopic (exact) mass is 599 g/mol. The van der Waals surface area contributed by atoms with Crippen molar-refractivity contribution in [1.82, 2.24) is 24.4 Å². The van der Waals surface area contributed by atoms with E-state index >= 15 is 0 Å². The van der Waals surface area contributed by atoms with Gasteiger partial charge in [-0.15, -0.1) is 0 Å². The van der Waals surface area contributed by atoms with Gasteiger partial charge in [-0.3, -0.25) is 14.7 Å². The van der Waals surface area contributed by atoms with E-state index < -0.39 is 16.1 Å². The summed E-state index contributed by atoms with van der Waals surface area (Å²) in [6.45, 7) is 6.27. The molecule has 0 spiro atoms. The van der Waals surface area contributed by atoms with Crippen molar-refractivity contribution in [2.45, 2.75) is 55.2 Å². The van der Waals surface area contributed by atoms with Gasteiger partial charge in [0.05, 0.1) is 23.5 Å². The maximum Gasteiger partial charge on any atom is 0.243 e. The third-order valence-corrected chi connectivity index (χ3v) is 11.0. The Morgan fingerprint density at radius 3 is 2.61 bits per heavy atom. The van der Waals surface area contributed by atoms with E-state index in [1.54, 1.807) is 12.1 Å². The zero-order valence-corrected chi connectivity index (χ0v) is 25.0. The molecular weight excluding hydrogens is 562 g/mol. The zero-order valence-electron chi connectivity index (χ0n) is 23.5. The minimum atomic E-state index is -3.89. The maximum absolute atomic E-state index is 13.6. The van der Waals surface area contributed by atoms with Crippen LogP contribution in [-0.4, -0.2) is 98.4 Å². The standard InChI is InChI=1S/C29H38ClN7O3S/c1-34-13-15-35(16-14-34)20-21-5-10-26-22(17-21)3-2-4-27(26)37-24(19-32-33-37)18-28-29(38)31-11-12-36(28)41(39,40)25-8-6-23(30)7-9-25/h5-10,17,24,27-28H,2-4,11-16,18-20H2,1H3,(H,31,38)/t24?,27-,28-/m1/s1. The molecular formula is C29H38ClN7O3S. The van der Waals surface area contributed by atoms with Gasteiger partial charge in [-0.2, -0.15) is 9.42 Å². The lowest BCUT2D eigenvalue weighted by molar-refractivity contribution is -0.127. The number of nitrogens with zero attached hydrogens (tertiary/aromatic N) is 6. The summed E-state index contributed by atoms with van der Waals surface area (Å²) >= 11 is 5.99. The van der Waals surface area contributed by atoms with Crippen LogP contribution in [0.25, 0.3) is 0 Å². The Kier molecular flexibility index (Phi) is 8.33. The molecule has 10 nitrogen and oxygen atoms in total. The minimum absolute atomic E-state index is 0.0562. The molecule has 1 aliphatic carbocycles. The van der Waals surface area contributed by atoms with Gasteiger partial charge in [-0.05, 0) is 73.7 Å². The van der Waals surface area contributed by atoms with Crippen molar-refractivity contribution in [1.29, 1.82) is 0 Å². The number of aryl methyl sites for hydroxylation is 1. The van der Waals surface area contributed by atoms with E-state index in [0.717, 1.165) is 52.0 Å². The lowest BCUT2D eigenvalue weighted by atomic mass is 9.85. The summed E-state index contributed by atoms with van der Waals surface area (Å²) in [7, 11) is -1.71. The molecule has 1 N–H and O–H groups in total. The van der Waals surface area contributed by atoms with Crippen molar-refractivity contribution in [2.75, 3.05) is 52.9 Å². The van der Waals surface area contributed by atoms with E-state index in [1.807, 2.05) is 5.01 Å². The predicted molar refractivity (Wildman–Crippen MR) is 157 cm³/mol. The lowest BCUT2D eigenvalue weighted by Gasteiger charge is -2.39. The molecule has 3 atom stereocenters. The molecule has 0 radical (unpaired) electrons. The number of rotatable bonds is 7. The van der Waals surface area contributed by atoms with Crippen LogP contribution in [0.3, 0.4) is 0 Å². The summed E-state index contributed by atoms with van der Waals surface area (Å²) < 4.78 is 28.5. The number of hydrogen-bond donors (Lipinski definition) is 1. The lowest BCUT2D eigenvalue weighted by Crippen LogP contribution is -2.58. The predicted octanol–water partition coefficient (Wildman–Crippen LogP) is 3.10. The van der Waals surface area contributed by atoms with Crippen LogP contribution in [0.5, 0.6) is 0 Å². The molecule has 220 valence electrons. The van der Waals surface area contributed by atoms with Gasteiger partial charge in [-0.1, -0.05) is 35.0 Å². The molecule has 2 fully saturated rings. The van der Waals surface area contributed by atoms with Gasteiger partial charge in [0.1, 0.15) is 6.04 Å². The third kappa shape index (κ3) is 6.01. The minimum Gasteiger partial charge on any atom is -0.353 e. The van der Waals surface area contributed by atoms with Crippen molar-refractivity contribution in [3.05, 3.63) is 64.2 Å². The van der Waals surface area contributed by atoms with Crippen LogP contribution in [-0.2, 0) is 27.8 Å². The van der Waals surface area contributed by atoms with Crippen molar-refractivity contribution < 1.29 is 13.2 Å². The van der Waals surface area contributed by atoms with Gasteiger partial charge < -0.3 is 10.2 Å².